The van der Waals surface area contributed by atoms with E-state index in [9.17, 15) is 14.9 Å². The van der Waals surface area contributed by atoms with Gasteiger partial charge in [0.15, 0.2) is 0 Å². The lowest BCUT2D eigenvalue weighted by atomic mass is 9.95. The van der Waals surface area contributed by atoms with Gasteiger partial charge in [-0.25, -0.2) is 0 Å². The summed E-state index contributed by atoms with van der Waals surface area (Å²) in [6, 6.07) is 4.14. The minimum atomic E-state index is -0.570. The van der Waals surface area contributed by atoms with E-state index in [4.69, 9.17) is 23.2 Å². The highest BCUT2D eigenvalue weighted by Crippen LogP contribution is 2.27. The molecule has 1 saturated heterocycles. The Labute approximate surface area is 133 Å². The van der Waals surface area contributed by atoms with Crippen molar-refractivity contribution in [1.82, 2.24) is 4.90 Å². The second kappa shape index (κ2) is 7.09. The maximum atomic E-state index is 12.5. The van der Waals surface area contributed by atoms with E-state index in [0.29, 0.717) is 24.9 Å². The van der Waals surface area contributed by atoms with E-state index in [0.717, 1.165) is 19.3 Å². The van der Waals surface area contributed by atoms with Crippen LogP contribution in [0.25, 0.3) is 0 Å². The quantitative estimate of drug-likeness (QED) is 0.480. The lowest BCUT2D eigenvalue weighted by Crippen LogP contribution is -2.40. The van der Waals surface area contributed by atoms with Gasteiger partial charge in [-0.1, -0.05) is 11.6 Å². The summed E-state index contributed by atoms with van der Waals surface area (Å²) in [5.74, 6) is 0.623. The first-order valence-electron chi connectivity index (χ1n) is 6.82. The van der Waals surface area contributed by atoms with Crippen LogP contribution in [-0.2, 0) is 0 Å². The molecule has 21 heavy (non-hydrogen) atoms. The third-order valence-electron chi connectivity index (χ3n) is 3.71. The van der Waals surface area contributed by atoms with Gasteiger partial charge in [0.25, 0.3) is 11.6 Å². The van der Waals surface area contributed by atoms with Crippen molar-refractivity contribution in [3.8, 4) is 0 Å². The fraction of sp³-hybridized carbons (Fsp3) is 0.500. The number of carbonyl (C=O) groups is 1. The van der Waals surface area contributed by atoms with Gasteiger partial charge in [-0.3, -0.25) is 14.9 Å². The van der Waals surface area contributed by atoms with Crippen molar-refractivity contribution < 1.29 is 9.72 Å². The lowest BCUT2D eigenvalue weighted by Gasteiger charge is -2.32. The average Bonchev–Trinajstić information content (AvgIpc) is 2.47. The van der Waals surface area contributed by atoms with E-state index in [-0.39, 0.29) is 22.2 Å². The molecule has 0 bridgehead atoms. The summed E-state index contributed by atoms with van der Waals surface area (Å²) in [4.78, 5) is 24.7. The normalized spacial score (nSPS) is 18.6. The average molecular weight is 331 g/mol. The molecule has 7 heteroatoms. The van der Waals surface area contributed by atoms with E-state index in [1.54, 1.807) is 4.90 Å². The Bertz CT molecular complexity index is 549. The Morgan fingerprint density at radius 3 is 2.90 bits per heavy atom. The van der Waals surface area contributed by atoms with Crippen molar-refractivity contribution in [3.63, 3.8) is 0 Å². The molecule has 0 saturated carbocycles. The third-order valence-corrected chi connectivity index (χ3v) is 4.16. The van der Waals surface area contributed by atoms with E-state index >= 15 is 0 Å². The van der Waals surface area contributed by atoms with Crippen molar-refractivity contribution in [2.75, 3.05) is 19.0 Å². The van der Waals surface area contributed by atoms with Gasteiger partial charge in [-0.05, 0) is 37.3 Å². The molecule has 0 N–H and O–H groups in total. The number of halogens is 2. The van der Waals surface area contributed by atoms with Crippen molar-refractivity contribution in [2.45, 2.75) is 19.3 Å². The number of alkyl halides is 1. The van der Waals surface area contributed by atoms with Crippen LogP contribution in [0.3, 0.4) is 0 Å². The Balaban J connectivity index is 2.21. The zero-order valence-corrected chi connectivity index (χ0v) is 12.9. The first-order chi connectivity index (χ1) is 10.0. The Morgan fingerprint density at radius 1 is 1.48 bits per heavy atom. The monoisotopic (exact) mass is 330 g/mol. The highest BCUT2D eigenvalue weighted by molar-refractivity contribution is 6.31. The molecule has 1 atom stereocenters. The van der Waals surface area contributed by atoms with Crippen molar-refractivity contribution in [3.05, 3.63) is 38.9 Å². The van der Waals surface area contributed by atoms with Gasteiger partial charge in [0, 0.05) is 30.1 Å². The van der Waals surface area contributed by atoms with Crippen molar-refractivity contribution in [1.29, 1.82) is 0 Å². The standard InChI is InChI=1S/C14H16Cl2N2O3/c15-6-5-10-2-1-7-17(9-10)14(19)12-4-3-11(16)8-13(12)18(20)21/h3-4,8,10H,1-2,5-7,9H2. The molecule has 1 aromatic carbocycles. The zero-order chi connectivity index (χ0) is 15.4. The van der Waals surface area contributed by atoms with Crippen molar-refractivity contribution in [2.24, 2.45) is 5.92 Å². The maximum absolute atomic E-state index is 12.5. The van der Waals surface area contributed by atoms with E-state index in [1.165, 1.54) is 18.2 Å². The number of rotatable bonds is 4. The molecular weight excluding hydrogens is 315 g/mol. The maximum Gasteiger partial charge on any atom is 0.283 e. The van der Waals surface area contributed by atoms with Gasteiger partial charge in [-0.15, -0.1) is 11.6 Å². The number of hydrogen-bond acceptors (Lipinski definition) is 3. The van der Waals surface area contributed by atoms with Gasteiger partial charge in [0.1, 0.15) is 5.56 Å². The van der Waals surface area contributed by atoms with Crippen LogP contribution in [0.2, 0.25) is 5.02 Å². The van der Waals surface area contributed by atoms with Crippen molar-refractivity contribution >= 4 is 34.8 Å². The predicted octanol–water partition coefficient (Wildman–Crippen LogP) is 3.73. The smallest absolute Gasteiger partial charge is 0.283 e. The van der Waals surface area contributed by atoms with Gasteiger partial charge < -0.3 is 4.90 Å². The second-order valence-electron chi connectivity index (χ2n) is 5.16. The molecule has 1 fully saturated rings. The van der Waals surface area contributed by atoms with Crippen LogP contribution in [0, 0.1) is 16.0 Å². The molecule has 1 heterocycles. The third kappa shape index (κ3) is 3.86. The minimum absolute atomic E-state index is 0.0934. The van der Waals surface area contributed by atoms with Crippen LogP contribution in [0.5, 0.6) is 0 Å². The molecule has 0 spiro atoms. The van der Waals surface area contributed by atoms with Crippen LogP contribution >= 0.6 is 23.2 Å². The summed E-state index contributed by atoms with van der Waals surface area (Å²) in [5, 5.41) is 11.3. The molecule has 1 amide bonds. The number of benzene rings is 1. The first-order valence-corrected chi connectivity index (χ1v) is 7.73. The molecular formula is C14H16Cl2N2O3. The number of nitro groups is 1. The second-order valence-corrected chi connectivity index (χ2v) is 5.97. The van der Waals surface area contributed by atoms with Crippen LogP contribution in [0.4, 0.5) is 5.69 Å². The molecule has 1 aromatic rings. The zero-order valence-electron chi connectivity index (χ0n) is 11.4. The van der Waals surface area contributed by atoms with Gasteiger partial charge >= 0.3 is 0 Å². The van der Waals surface area contributed by atoms with Crippen LogP contribution in [0.15, 0.2) is 18.2 Å². The number of hydrogen-bond donors (Lipinski definition) is 0. The number of piperidine rings is 1. The summed E-state index contributed by atoms with van der Waals surface area (Å²) in [6.45, 7) is 1.22. The minimum Gasteiger partial charge on any atom is -0.338 e. The highest BCUT2D eigenvalue weighted by atomic mass is 35.5. The number of nitro benzene ring substituents is 1. The fourth-order valence-electron chi connectivity index (χ4n) is 2.65. The van der Waals surface area contributed by atoms with Gasteiger partial charge in [-0.2, -0.15) is 0 Å². The van der Waals surface area contributed by atoms with E-state index < -0.39 is 4.92 Å². The molecule has 1 aliphatic rings. The van der Waals surface area contributed by atoms with Crippen LogP contribution < -0.4 is 0 Å². The first kappa shape index (κ1) is 16.0. The molecule has 0 aliphatic carbocycles. The van der Waals surface area contributed by atoms with Gasteiger partial charge in [0.2, 0.25) is 0 Å². The number of amides is 1. The van der Waals surface area contributed by atoms with E-state index in [1.807, 2.05) is 0 Å². The largest absolute Gasteiger partial charge is 0.338 e. The summed E-state index contributed by atoms with van der Waals surface area (Å²) in [5.41, 5.74) is -0.150. The Hall–Kier alpha value is -1.33. The van der Waals surface area contributed by atoms with Crippen LogP contribution in [0.1, 0.15) is 29.6 Å². The number of carbonyl (C=O) groups excluding carboxylic acids is 1. The molecule has 1 unspecified atom stereocenters. The summed E-state index contributed by atoms with van der Waals surface area (Å²) in [6.07, 6.45) is 2.79. The van der Waals surface area contributed by atoms with E-state index in [2.05, 4.69) is 0 Å². The molecule has 5 nitrogen and oxygen atoms in total. The summed E-state index contributed by atoms with van der Waals surface area (Å²) in [7, 11) is 0. The van der Waals surface area contributed by atoms with Gasteiger partial charge in [0.05, 0.1) is 4.92 Å². The molecule has 0 radical (unpaired) electrons. The molecule has 0 aromatic heterocycles. The van der Waals surface area contributed by atoms with Crippen LogP contribution in [-0.4, -0.2) is 34.7 Å². The Morgan fingerprint density at radius 2 is 2.24 bits per heavy atom. The molecule has 1 aliphatic heterocycles. The number of nitrogens with zero attached hydrogens (tertiary/aromatic N) is 2. The lowest BCUT2D eigenvalue weighted by molar-refractivity contribution is -0.385. The number of likely N-dealkylation sites (tertiary alicyclic amines) is 1. The summed E-state index contributed by atoms with van der Waals surface area (Å²) < 4.78 is 0. The SMILES string of the molecule is O=C(c1ccc(Cl)cc1[N+](=O)[O-])N1CCCC(CCCl)C1. The topological polar surface area (TPSA) is 63.4 Å². The molecule has 2 rings (SSSR count). The molecule has 114 valence electrons. The predicted molar refractivity (Wildman–Crippen MR) is 82.1 cm³/mol. The highest BCUT2D eigenvalue weighted by Gasteiger charge is 2.28. The fourth-order valence-corrected chi connectivity index (χ4v) is 3.12. The summed E-state index contributed by atoms with van der Waals surface area (Å²) >= 11 is 11.5. The Kier molecular flexibility index (Phi) is 5.42.